The molecule has 8 heteroatoms. The SMILES string of the molecule is O=S(=O)(Nc1cc(-c2ccccc2)on1)c1ccc(Cl)c(Cl)c1. The van der Waals surface area contributed by atoms with Gasteiger partial charge in [0.25, 0.3) is 10.0 Å². The molecule has 0 saturated carbocycles. The van der Waals surface area contributed by atoms with E-state index in [1.165, 1.54) is 24.3 Å². The molecule has 0 unspecified atom stereocenters. The molecule has 23 heavy (non-hydrogen) atoms. The first-order valence-electron chi connectivity index (χ1n) is 6.46. The number of hydrogen-bond acceptors (Lipinski definition) is 4. The number of halogens is 2. The molecule has 3 rings (SSSR count). The molecule has 2 aromatic carbocycles. The normalized spacial score (nSPS) is 11.4. The lowest BCUT2D eigenvalue weighted by Gasteiger charge is -2.05. The van der Waals surface area contributed by atoms with Crippen molar-refractivity contribution in [1.29, 1.82) is 0 Å². The Morgan fingerprint density at radius 1 is 0.957 bits per heavy atom. The third kappa shape index (κ3) is 3.50. The third-order valence-corrected chi connectivity index (χ3v) is 5.10. The Morgan fingerprint density at radius 2 is 1.70 bits per heavy atom. The highest BCUT2D eigenvalue weighted by atomic mass is 35.5. The average molecular weight is 369 g/mol. The number of nitrogens with zero attached hydrogens (tertiary/aromatic N) is 1. The van der Waals surface area contributed by atoms with Crippen molar-refractivity contribution in [2.24, 2.45) is 0 Å². The van der Waals surface area contributed by atoms with Crippen LogP contribution in [0.4, 0.5) is 5.82 Å². The number of aromatic nitrogens is 1. The first-order valence-corrected chi connectivity index (χ1v) is 8.70. The fourth-order valence-electron chi connectivity index (χ4n) is 1.90. The predicted molar refractivity (Wildman–Crippen MR) is 89.2 cm³/mol. The van der Waals surface area contributed by atoms with Gasteiger partial charge < -0.3 is 4.52 Å². The molecule has 0 amide bonds. The van der Waals surface area contributed by atoms with Crippen LogP contribution in [0.1, 0.15) is 0 Å². The van der Waals surface area contributed by atoms with Crippen LogP contribution in [0.15, 0.2) is 64.0 Å². The summed E-state index contributed by atoms with van der Waals surface area (Å²) in [5, 5.41) is 4.15. The van der Waals surface area contributed by atoms with Gasteiger partial charge in [0.05, 0.1) is 14.9 Å². The smallest absolute Gasteiger partial charge is 0.263 e. The predicted octanol–water partition coefficient (Wildman–Crippen LogP) is 4.45. The third-order valence-electron chi connectivity index (χ3n) is 3.01. The number of sulfonamides is 1. The van der Waals surface area contributed by atoms with E-state index >= 15 is 0 Å². The standard InChI is InChI=1S/C15H10Cl2N2O3S/c16-12-7-6-11(8-13(12)17)23(20,21)19-15-9-14(22-18-15)10-4-2-1-3-5-10/h1-9H,(H,18,19). The lowest BCUT2D eigenvalue weighted by Crippen LogP contribution is -2.13. The molecular formula is C15H10Cl2N2O3S. The zero-order valence-corrected chi connectivity index (χ0v) is 13.9. The van der Waals surface area contributed by atoms with Gasteiger partial charge in [0.15, 0.2) is 11.6 Å². The van der Waals surface area contributed by atoms with Crippen LogP contribution in [0.5, 0.6) is 0 Å². The Kier molecular flexibility index (Phi) is 4.30. The van der Waals surface area contributed by atoms with Gasteiger partial charge in [-0.2, -0.15) is 0 Å². The van der Waals surface area contributed by atoms with Gasteiger partial charge >= 0.3 is 0 Å². The van der Waals surface area contributed by atoms with Crippen LogP contribution in [-0.2, 0) is 10.0 Å². The van der Waals surface area contributed by atoms with Crippen molar-refractivity contribution < 1.29 is 12.9 Å². The first kappa shape index (κ1) is 15.9. The van der Waals surface area contributed by atoms with E-state index in [4.69, 9.17) is 27.7 Å². The molecule has 0 radical (unpaired) electrons. The zero-order chi connectivity index (χ0) is 16.4. The largest absolute Gasteiger partial charge is 0.354 e. The van der Waals surface area contributed by atoms with E-state index in [-0.39, 0.29) is 20.8 Å². The molecule has 0 aliphatic heterocycles. The van der Waals surface area contributed by atoms with E-state index in [1.807, 2.05) is 30.3 Å². The quantitative estimate of drug-likeness (QED) is 0.738. The van der Waals surface area contributed by atoms with E-state index in [0.29, 0.717) is 5.76 Å². The number of rotatable bonds is 4. The van der Waals surface area contributed by atoms with Gasteiger partial charge in [0, 0.05) is 11.6 Å². The fourth-order valence-corrected chi connectivity index (χ4v) is 3.27. The minimum atomic E-state index is -3.84. The number of nitrogens with one attached hydrogen (secondary N) is 1. The summed E-state index contributed by atoms with van der Waals surface area (Å²) in [7, 11) is -3.84. The van der Waals surface area contributed by atoms with Crippen molar-refractivity contribution >= 4 is 39.0 Å². The van der Waals surface area contributed by atoms with Crippen LogP contribution in [-0.4, -0.2) is 13.6 Å². The Bertz CT molecular complexity index is 940. The molecule has 0 aliphatic rings. The minimum Gasteiger partial charge on any atom is -0.354 e. The zero-order valence-electron chi connectivity index (χ0n) is 11.5. The van der Waals surface area contributed by atoms with Crippen LogP contribution < -0.4 is 4.72 Å². The van der Waals surface area contributed by atoms with Gasteiger partial charge in [-0.1, -0.05) is 58.7 Å². The van der Waals surface area contributed by atoms with E-state index < -0.39 is 10.0 Å². The van der Waals surface area contributed by atoms with E-state index in [1.54, 1.807) is 0 Å². The van der Waals surface area contributed by atoms with Gasteiger partial charge in [-0.25, -0.2) is 8.42 Å². The molecule has 0 spiro atoms. The Balaban J connectivity index is 1.86. The van der Waals surface area contributed by atoms with Crippen molar-refractivity contribution in [3.63, 3.8) is 0 Å². The second-order valence-electron chi connectivity index (χ2n) is 4.62. The molecule has 5 nitrogen and oxygen atoms in total. The second-order valence-corrected chi connectivity index (χ2v) is 7.12. The first-order chi connectivity index (χ1) is 11.0. The van der Waals surface area contributed by atoms with Crippen LogP contribution in [0.2, 0.25) is 10.0 Å². The molecule has 0 fully saturated rings. The maximum atomic E-state index is 12.3. The summed E-state index contributed by atoms with van der Waals surface area (Å²) >= 11 is 11.6. The summed E-state index contributed by atoms with van der Waals surface area (Å²) < 4.78 is 32.1. The molecule has 0 saturated heterocycles. The van der Waals surface area contributed by atoms with Gasteiger partial charge in [0.1, 0.15) is 0 Å². The summed E-state index contributed by atoms with van der Waals surface area (Å²) in [6.45, 7) is 0. The van der Waals surface area contributed by atoms with Gasteiger partial charge in [0.2, 0.25) is 0 Å². The highest BCUT2D eigenvalue weighted by molar-refractivity contribution is 7.92. The van der Waals surface area contributed by atoms with Crippen molar-refractivity contribution in [2.45, 2.75) is 4.90 Å². The molecule has 1 aromatic heterocycles. The van der Waals surface area contributed by atoms with Gasteiger partial charge in [-0.15, -0.1) is 0 Å². The highest BCUT2D eigenvalue weighted by Crippen LogP contribution is 2.27. The van der Waals surface area contributed by atoms with E-state index in [2.05, 4.69) is 9.88 Å². The maximum absolute atomic E-state index is 12.3. The van der Waals surface area contributed by atoms with Crippen LogP contribution in [0.25, 0.3) is 11.3 Å². The van der Waals surface area contributed by atoms with Crippen LogP contribution in [0.3, 0.4) is 0 Å². The Hall–Kier alpha value is -2.02. The number of hydrogen-bond donors (Lipinski definition) is 1. The van der Waals surface area contributed by atoms with Crippen molar-refractivity contribution in [1.82, 2.24) is 5.16 Å². The molecule has 1 N–H and O–H groups in total. The molecule has 0 atom stereocenters. The molecular weight excluding hydrogens is 359 g/mol. The molecule has 3 aromatic rings. The van der Waals surface area contributed by atoms with Crippen molar-refractivity contribution in [2.75, 3.05) is 4.72 Å². The minimum absolute atomic E-state index is 0.0174. The number of benzene rings is 2. The lowest BCUT2D eigenvalue weighted by molar-refractivity contribution is 0.435. The highest BCUT2D eigenvalue weighted by Gasteiger charge is 2.18. The Morgan fingerprint density at radius 3 is 2.39 bits per heavy atom. The average Bonchev–Trinajstić information content (AvgIpc) is 2.98. The monoisotopic (exact) mass is 368 g/mol. The van der Waals surface area contributed by atoms with Gasteiger partial charge in [-0.05, 0) is 18.2 Å². The second kappa shape index (κ2) is 6.23. The molecule has 0 aliphatic carbocycles. The topological polar surface area (TPSA) is 72.2 Å². The van der Waals surface area contributed by atoms with Crippen molar-refractivity contribution in [3.05, 3.63) is 64.6 Å². The number of anilines is 1. The summed E-state index contributed by atoms with van der Waals surface area (Å²) in [4.78, 5) is -0.0174. The van der Waals surface area contributed by atoms with Crippen LogP contribution >= 0.6 is 23.2 Å². The molecule has 118 valence electrons. The fraction of sp³-hybridized carbons (Fsp3) is 0. The molecule has 0 bridgehead atoms. The summed E-state index contributed by atoms with van der Waals surface area (Å²) in [5.41, 5.74) is 0.792. The molecule has 1 heterocycles. The summed E-state index contributed by atoms with van der Waals surface area (Å²) in [6, 6.07) is 14.8. The van der Waals surface area contributed by atoms with E-state index in [0.717, 1.165) is 5.56 Å². The summed E-state index contributed by atoms with van der Waals surface area (Å²) in [6.07, 6.45) is 0. The Labute approximate surface area is 142 Å². The maximum Gasteiger partial charge on any atom is 0.263 e. The van der Waals surface area contributed by atoms with Gasteiger partial charge in [-0.3, -0.25) is 4.72 Å². The van der Waals surface area contributed by atoms with Crippen molar-refractivity contribution in [3.8, 4) is 11.3 Å². The lowest BCUT2D eigenvalue weighted by atomic mass is 10.2. The van der Waals surface area contributed by atoms with E-state index in [9.17, 15) is 8.42 Å². The summed E-state index contributed by atoms with van der Waals surface area (Å²) in [5.74, 6) is 0.535. The van der Waals surface area contributed by atoms with Crippen LogP contribution in [0, 0.1) is 0 Å².